The molecule has 0 spiro atoms. The summed E-state index contributed by atoms with van der Waals surface area (Å²) in [5.74, 6) is 0.253. The van der Waals surface area contributed by atoms with Crippen molar-refractivity contribution in [2.45, 2.75) is 12.3 Å². The fraction of sp³-hybridized carbons (Fsp3) is 0.0645. The number of benzene rings is 4. The minimum atomic E-state index is 0.253. The fourth-order valence-corrected chi connectivity index (χ4v) is 6.70. The molecule has 0 N–H and O–H groups in total. The van der Waals surface area contributed by atoms with E-state index in [0.29, 0.717) is 5.56 Å². The average molecular weight is 453 g/mol. The molecule has 1 atom stereocenters. The van der Waals surface area contributed by atoms with Gasteiger partial charge in [0.15, 0.2) is 0 Å². The molecule has 1 unspecified atom stereocenters. The van der Waals surface area contributed by atoms with Gasteiger partial charge in [-0.25, -0.2) is 0 Å². The highest BCUT2D eigenvalue weighted by atomic mass is 32.1. The zero-order valence-corrected chi connectivity index (χ0v) is 19.2. The number of hydrogen-bond acceptors (Lipinski definition) is 2. The van der Waals surface area contributed by atoms with Gasteiger partial charge in [-0.05, 0) is 53.3 Å². The summed E-state index contributed by atoms with van der Waals surface area (Å²) in [6, 6.07) is 34.3. The molecule has 0 fully saturated rings. The van der Waals surface area contributed by atoms with Crippen molar-refractivity contribution in [1.29, 1.82) is 5.26 Å². The Hall–Kier alpha value is -4.13. The summed E-state index contributed by atoms with van der Waals surface area (Å²) in [4.78, 5) is 1.44. The van der Waals surface area contributed by atoms with Gasteiger partial charge in [-0.15, -0.1) is 11.3 Å². The summed E-state index contributed by atoms with van der Waals surface area (Å²) >= 11 is 1.90. The molecule has 0 aliphatic heterocycles. The molecule has 1 aliphatic rings. The molecule has 3 heteroatoms. The normalized spacial score (nSPS) is 15.1. The van der Waals surface area contributed by atoms with Crippen LogP contribution in [-0.4, -0.2) is 4.57 Å². The molecule has 1 aliphatic carbocycles. The molecule has 6 aromatic rings. The number of aromatic nitrogens is 1. The second kappa shape index (κ2) is 7.45. The van der Waals surface area contributed by atoms with Gasteiger partial charge >= 0.3 is 0 Å². The molecular weight excluding hydrogens is 432 g/mol. The van der Waals surface area contributed by atoms with Crippen molar-refractivity contribution in [2.24, 2.45) is 0 Å². The van der Waals surface area contributed by atoms with E-state index in [4.69, 9.17) is 0 Å². The largest absolute Gasteiger partial charge is 0.309 e. The van der Waals surface area contributed by atoms with Crippen molar-refractivity contribution in [2.75, 3.05) is 0 Å². The first-order valence-corrected chi connectivity index (χ1v) is 12.3. The minimum Gasteiger partial charge on any atom is -0.309 e. The number of nitriles is 1. The average Bonchev–Trinajstić information content (AvgIpc) is 3.43. The second-order valence-electron chi connectivity index (χ2n) is 8.86. The van der Waals surface area contributed by atoms with Gasteiger partial charge in [0.05, 0.1) is 28.4 Å². The van der Waals surface area contributed by atoms with Crippen LogP contribution in [0, 0.1) is 11.3 Å². The Labute approximate surface area is 201 Å². The maximum atomic E-state index is 9.73. The van der Waals surface area contributed by atoms with E-state index in [2.05, 4.69) is 108 Å². The number of rotatable bonds is 2. The monoisotopic (exact) mass is 452 g/mol. The van der Waals surface area contributed by atoms with Gasteiger partial charge in [-0.2, -0.15) is 5.26 Å². The van der Waals surface area contributed by atoms with Gasteiger partial charge in [-0.1, -0.05) is 72.8 Å². The van der Waals surface area contributed by atoms with E-state index in [1.54, 1.807) is 0 Å². The Balaban J connectivity index is 1.46. The number of hydrogen-bond donors (Lipinski definition) is 0. The first-order chi connectivity index (χ1) is 16.8. The number of para-hydroxylation sites is 2. The molecule has 2 heterocycles. The van der Waals surface area contributed by atoms with Gasteiger partial charge in [0.1, 0.15) is 0 Å². The lowest BCUT2D eigenvalue weighted by Gasteiger charge is -2.22. The third-order valence-corrected chi connectivity index (χ3v) is 8.20. The maximum Gasteiger partial charge on any atom is 0.0992 e. The van der Waals surface area contributed by atoms with Crippen LogP contribution >= 0.6 is 11.3 Å². The fourth-order valence-electron chi connectivity index (χ4n) is 5.45. The summed E-state index contributed by atoms with van der Waals surface area (Å²) in [7, 11) is 0. The van der Waals surface area contributed by atoms with Gasteiger partial charge in [0, 0.05) is 26.3 Å². The summed E-state index contributed by atoms with van der Waals surface area (Å²) in [6.07, 6.45) is 5.62. The third-order valence-electron chi connectivity index (χ3n) is 6.99. The van der Waals surface area contributed by atoms with Gasteiger partial charge in [0.25, 0.3) is 0 Å². The van der Waals surface area contributed by atoms with Crippen molar-refractivity contribution in [3.8, 4) is 11.8 Å². The second-order valence-corrected chi connectivity index (χ2v) is 10.00. The van der Waals surface area contributed by atoms with Crippen molar-refractivity contribution in [1.82, 2.24) is 4.57 Å². The van der Waals surface area contributed by atoms with Gasteiger partial charge < -0.3 is 4.57 Å². The zero-order valence-electron chi connectivity index (χ0n) is 18.4. The van der Waals surface area contributed by atoms with E-state index >= 15 is 0 Å². The first kappa shape index (κ1) is 19.3. The van der Waals surface area contributed by atoms with Crippen LogP contribution in [0.3, 0.4) is 0 Å². The van der Waals surface area contributed by atoms with Crippen LogP contribution in [0.1, 0.15) is 27.5 Å². The summed E-state index contributed by atoms with van der Waals surface area (Å²) in [6.45, 7) is 0. The summed E-state index contributed by atoms with van der Waals surface area (Å²) < 4.78 is 3.69. The van der Waals surface area contributed by atoms with Crippen LogP contribution in [0.15, 0.2) is 97.1 Å². The molecule has 34 heavy (non-hydrogen) atoms. The van der Waals surface area contributed by atoms with Crippen LogP contribution in [0.4, 0.5) is 0 Å². The van der Waals surface area contributed by atoms with E-state index in [1.165, 1.54) is 47.9 Å². The van der Waals surface area contributed by atoms with Crippen LogP contribution in [0.2, 0.25) is 0 Å². The van der Waals surface area contributed by atoms with E-state index in [9.17, 15) is 5.26 Å². The van der Waals surface area contributed by atoms with E-state index in [-0.39, 0.29) is 5.92 Å². The highest BCUT2D eigenvalue weighted by Gasteiger charge is 2.24. The van der Waals surface area contributed by atoms with Crippen molar-refractivity contribution >= 4 is 49.3 Å². The molecule has 0 bridgehead atoms. The molecule has 2 nitrogen and oxygen atoms in total. The molecule has 7 rings (SSSR count). The standard InChI is InChI=1S/C31H20N2S/c32-19-20-13-15-22(21-14-16-26-25-9-3-6-12-30(25)34-31(26)18-21)29(17-20)33-27-10-4-1-7-23(27)24-8-2-5-11-28(24)33/h1-17,21H,18H2. The predicted molar refractivity (Wildman–Crippen MR) is 143 cm³/mol. The molecular formula is C31H20N2S. The molecule has 2 aromatic heterocycles. The molecule has 0 saturated heterocycles. The molecule has 0 radical (unpaired) electrons. The van der Waals surface area contributed by atoms with Gasteiger partial charge in [0.2, 0.25) is 0 Å². The Morgan fingerprint density at radius 2 is 1.47 bits per heavy atom. The number of nitrogens with zero attached hydrogens (tertiary/aromatic N) is 2. The van der Waals surface area contributed by atoms with Crippen LogP contribution in [0.25, 0.3) is 43.7 Å². The molecule has 160 valence electrons. The number of fused-ring (bicyclic) bond motifs is 6. The summed E-state index contributed by atoms with van der Waals surface area (Å²) in [5.41, 5.74) is 6.73. The van der Waals surface area contributed by atoms with E-state index in [1.807, 2.05) is 17.4 Å². The first-order valence-electron chi connectivity index (χ1n) is 11.5. The van der Waals surface area contributed by atoms with E-state index in [0.717, 1.165) is 12.1 Å². The predicted octanol–water partition coefficient (Wildman–Crippen LogP) is 8.22. The Morgan fingerprint density at radius 1 is 0.794 bits per heavy atom. The minimum absolute atomic E-state index is 0.253. The Bertz CT molecular complexity index is 1760. The number of allylic oxidation sites excluding steroid dienone is 1. The highest BCUT2D eigenvalue weighted by Crippen LogP contribution is 2.42. The van der Waals surface area contributed by atoms with Crippen LogP contribution in [-0.2, 0) is 6.42 Å². The van der Waals surface area contributed by atoms with Crippen LogP contribution < -0.4 is 0 Å². The maximum absolute atomic E-state index is 9.73. The van der Waals surface area contributed by atoms with Crippen molar-refractivity contribution < 1.29 is 0 Å². The van der Waals surface area contributed by atoms with E-state index < -0.39 is 0 Å². The topological polar surface area (TPSA) is 28.7 Å². The third kappa shape index (κ3) is 2.79. The Morgan fingerprint density at radius 3 is 2.21 bits per heavy atom. The lowest BCUT2D eigenvalue weighted by Crippen LogP contribution is -2.09. The Kier molecular flexibility index (Phi) is 4.24. The zero-order chi connectivity index (χ0) is 22.6. The van der Waals surface area contributed by atoms with Crippen LogP contribution in [0.5, 0.6) is 0 Å². The molecule has 0 saturated carbocycles. The highest BCUT2D eigenvalue weighted by molar-refractivity contribution is 7.19. The lowest BCUT2D eigenvalue weighted by molar-refractivity contribution is 0.832. The lowest BCUT2D eigenvalue weighted by atomic mass is 9.87. The summed E-state index contributed by atoms with van der Waals surface area (Å²) in [5, 5.41) is 13.5. The van der Waals surface area contributed by atoms with Crippen molar-refractivity contribution in [3.63, 3.8) is 0 Å². The SMILES string of the molecule is N#Cc1ccc(C2C=Cc3c(sc4ccccc34)C2)c(-n2c3ccccc3c3ccccc32)c1. The quantitative estimate of drug-likeness (QED) is 0.260. The number of thiophene rings is 1. The molecule has 4 aromatic carbocycles. The molecule has 0 amide bonds. The smallest absolute Gasteiger partial charge is 0.0992 e. The van der Waals surface area contributed by atoms with Crippen molar-refractivity contribution in [3.05, 3.63) is 119 Å². The van der Waals surface area contributed by atoms with Gasteiger partial charge in [-0.3, -0.25) is 0 Å².